The van der Waals surface area contributed by atoms with Crippen LogP contribution in [0.3, 0.4) is 0 Å². The van der Waals surface area contributed by atoms with E-state index in [1.807, 2.05) is 12.1 Å². The van der Waals surface area contributed by atoms with Crippen LogP contribution in [0, 0.1) is 0 Å². The van der Waals surface area contributed by atoms with E-state index in [2.05, 4.69) is 23.9 Å². The van der Waals surface area contributed by atoms with Crippen LogP contribution in [0.1, 0.15) is 37.7 Å². The molecule has 1 aromatic carbocycles. The van der Waals surface area contributed by atoms with Crippen molar-refractivity contribution in [1.82, 2.24) is 4.57 Å². The molecule has 0 aliphatic heterocycles. The molecule has 1 fully saturated rings. The molecule has 96 valence electrons. The minimum Gasteiger partial charge on any atom is -0.350 e. The fourth-order valence-corrected chi connectivity index (χ4v) is 3.37. The predicted octanol–water partition coefficient (Wildman–Crippen LogP) is 3.95. The van der Waals surface area contributed by atoms with E-state index < -0.39 is 0 Å². The van der Waals surface area contributed by atoms with E-state index in [0.29, 0.717) is 0 Å². The highest BCUT2D eigenvalue weighted by atomic mass is 35.5. The van der Waals surface area contributed by atoms with Gasteiger partial charge in [0.15, 0.2) is 0 Å². The number of rotatable bonds is 1. The molecule has 2 N–H and O–H groups in total. The summed E-state index contributed by atoms with van der Waals surface area (Å²) < 4.78 is 2.14. The monoisotopic (exact) mass is 262 g/mol. The maximum absolute atomic E-state index is 6.65. The van der Waals surface area contributed by atoms with Gasteiger partial charge in [0.05, 0.1) is 0 Å². The standard InChI is InChI=1S/C15H19ClN2/c1-18-10-13(15(17)7-3-2-4-8-15)12-6-5-11(16)9-14(12)18/h5-6,9-10H,2-4,7-8,17H2,1H3. The third-order valence-electron chi connectivity index (χ3n) is 4.23. The summed E-state index contributed by atoms with van der Waals surface area (Å²) in [5.74, 6) is 0. The van der Waals surface area contributed by atoms with Crippen LogP contribution in [0.25, 0.3) is 10.9 Å². The van der Waals surface area contributed by atoms with Gasteiger partial charge in [0.1, 0.15) is 0 Å². The van der Waals surface area contributed by atoms with E-state index >= 15 is 0 Å². The summed E-state index contributed by atoms with van der Waals surface area (Å²) >= 11 is 6.08. The Morgan fingerprint density at radius 1 is 1.22 bits per heavy atom. The Hall–Kier alpha value is -0.990. The number of nitrogens with two attached hydrogens (primary N) is 1. The zero-order chi connectivity index (χ0) is 12.8. The molecule has 1 aliphatic rings. The second-order valence-electron chi connectivity index (χ2n) is 5.53. The average Bonchev–Trinajstić information content (AvgIpc) is 2.68. The van der Waals surface area contributed by atoms with Crippen LogP contribution in [0.2, 0.25) is 5.02 Å². The van der Waals surface area contributed by atoms with Crippen LogP contribution in [-0.2, 0) is 12.6 Å². The molecule has 0 bridgehead atoms. The lowest BCUT2D eigenvalue weighted by Gasteiger charge is -2.33. The van der Waals surface area contributed by atoms with Crippen LogP contribution in [-0.4, -0.2) is 4.57 Å². The summed E-state index contributed by atoms with van der Waals surface area (Å²) in [5.41, 5.74) is 8.97. The molecule has 18 heavy (non-hydrogen) atoms. The van der Waals surface area contributed by atoms with Crippen LogP contribution in [0.4, 0.5) is 0 Å². The first-order valence-corrected chi connectivity index (χ1v) is 7.02. The van der Waals surface area contributed by atoms with Gasteiger partial charge in [-0.05, 0) is 30.5 Å². The van der Waals surface area contributed by atoms with E-state index in [9.17, 15) is 0 Å². The van der Waals surface area contributed by atoms with Crippen molar-refractivity contribution in [1.29, 1.82) is 0 Å². The first-order valence-electron chi connectivity index (χ1n) is 6.64. The minimum absolute atomic E-state index is 0.147. The molecule has 0 saturated heterocycles. The van der Waals surface area contributed by atoms with Crippen molar-refractivity contribution in [3.05, 3.63) is 35.0 Å². The number of fused-ring (bicyclic) bond motifs is 1. The summed E-state index contributed by atoms with van der Waals surface area (Å²) in [6.07, 6.45) is 8.16. The van der Waals surface area contributed by atoms with Crippen molar-refractivity contribution < 1.29 is 0 Å². The Kier molecular flexibility index (Phi) is 2.87. The van der Waals surface area contributed by atoms with E-state index in [1.54, 1.807) is 0 Å². The van der Waals surface area contributed by atoms with Gasteiger partial charge < -0.3 is 10.3 Å². The van der Waals surface area contributed by atoms with E-state index in [-0.39, 0.29) is 5.54 Å². The average molecular weight is 263 g/mol. The van der Waals surface area contributed by atoms with Gasteiger partial charge in [0.25, 0.3) is 0 Å². The summed E-state index contributed by atoms with van der Waals surface area (Å²) in [6, 6.07) is 6.09. The number of hydrogen-bond donors (Lipinski definition) is 1. The molecule has 0 radical (unpaired) electrons. The Bertz CT molecular complexity index is 579. The number of benzene rings is 1. The number of halogens is 1. The Labute approximate surface area is 113 Å². The summed E-state index contributed by atoms with van der Waals surface area (Å²) in [4.78, 5) is 0. The summed E-state index contributed by atoms with van der Waals surface area (Å²) in [5, 5.41) is 2.04. The molecule has 3 rings (SSSR count). The van der Waals surface area contributed by atoms with E-state index in [1.165, 1.54) is 35.7 Å². The highest BCUT2D eigenvalue weighted by molar-refractivity contribution is 6.31. The largest absolute Gasteiger partial charge is 0.350 e. The zero-order valence-electron chi connectivity index (χ0n) is 10.7. The molecule has 1 heterocycles. The normalized spacial score (nSPS) is 19.3. The molecule has 0 unspecified atom stereocenters. The fraction of sp³-hybridized carbons (Fsp3) is 0.467. The van der Waals surface area contributed by atoms with Gasteiger partial charge in [-0.25, -0.2) is 0 Å². The van der Waals surface area contributed by atoms with Crippen molar-refractivity contribution in [3.63, 3.8) is 0 Å². The number of aryl methyl sites for hydroxylation is 1. The Balaban J connectivity index is 2.17. The molecule has 3 heteroatoms. The third-order valence-corrected chi connectivity index (χ3v) is 4.47. The first kappa shape index (κ1) is 12.1. The van der Waals surface area contributed by atoms with Crippen LogP contribution in [0.5, 0.6) is 0 Å². The lowest BCUT2D eigenvalue weighted by atomic mass is 9.77. The molecular weight excluding hydrogens is 244 g/mol. The molecule has 2 nitrogen and oxygen atoms in total. The van der Waals surface area contributed by atoms with Gasteiger partial charge in [-0.2, -0.15) is 0 Å². The maximum atomic E-state index is 6.65. The van der Waals surface area contributed by atoms with Gasteiger partial charge >= 0.3 is 0 Å². The van der Waals surface area contributed by atoms with Gasteiger partial charge in [-0.15, -0.1) is 0 Å². The first-order chi connectivity index (χ1) is 8.60. The van der Waals surface area contributed by atoms with Gasteiger partial charge in [0.2, 0.25) is 0 Å². The SMILES string of the molecule is Cn1cc(C2(N)CCCCC2)c2ccc(Cl)cc21. The lowest BCUT2D eigenvalue weighted by Crippen LogP contribution is -2.38. The molecule has 1 aromatic heterocycles. The maximum Gasteiger partial charge on any atom is 0.0496 e. The van der Waals surface area contributed by atoms with Gasteiger partial charge in [-0.1, -0.05) is 36.9 Å². The molecule has 2 aromatic rings. The van der Waals surface area contributed by atoms with Crippen molar-refractivity contribution in [2.24, 2.45) is 12.8 Å². The van der Waals surface area contributed by atoms with Gasteiger partial charge in [0, 0.05) is 34.7 Å². The minimum atomic E-state index is -0.147. The summed E-state index contributed by atoms with van der Waals surface area (Å²) in [6.45, 7) is 0. The zero-order valence-corrected chi connectivity index (χ0v) is 11.5. The van der Waals surface area contributed by atoms with Crippen molar-refractivity contribution >= 4 is 22.5 Å². The molecule has 0 spiro atoms. The second-order valence-corrected chi connectivity index (χ2v) is 5.97. The van der Waals surface area contributed by atoms with E-state index in [4.69, 9.17) is 17.3 Å². The topological polar surface area (TPSA) is 30.9 Å². The van der Waals surface area contributed by atoms with Gasteiger partial charge in [-0.3, -0.25) is 0 Å². The molecule has 1 aliphatic carbocycles. The highest BCUT2D eigenvalue weighted by Crippen LogP contribution is 2.39. The fourth-order valence-electron chi connectivity index (χ4n) is 3.21. The molecule has 0 atom stereocenters. The van der Waals surface area contributed by atoms with Crippen LogP contribution in [0.15, 0.2) is 24.4 Å². The smallest absolute Gasteiger partial charge is 0.0496 e. The Morgan fingerprint density at radius 3 is 2.67 bits per heavy atom. The third kappa shape index (κ3) is 1.84. The van der Waals surface area contributed by atoms with Crippen molar-refractivity contribution in [2.75, 3.05) is 0 Å². The lowest BCUT2D eigenvalue weighted by molar-refractivity contribution is 0.304. The molecule has 0 amide bonds. The van der Waals surface area contributed by atoms with E-state index in [0.717, 1.165) is 17.9 Å². The van der Waals surface area contributed by atoms with Crippen molar-refractivity contribution in [3.8, 4) is 0 Å². The van der Waals surface area contributed by atoms with Crippen molar-refractivity contribution in [2.45, 2.75) is 37.6 Å². The number of hydrogen-bond acceptors (Lipinski definition) is 1. The number of nitrogens with zero attached hydrogens (tertiary/aromatic N) is 1. The van der Waals surface area contributed by atoms with Crippen LogP contribution >= 0.6 is 11.6 Å². The predicted molar refractivity (Wildman–Crippen MR) is 76.9 cm³/mol. The quantitative estimate of drug-likeness (QED) is 0.829. The molecular formula is C15H19ClN2. The molecule has 1 saturated carbocycles. The number of aromatic nitrogens is 1. The Morgan fingerprint density at radius 2 is 1.94 bits per heavy atom. The van der Waals surface area contributed by atoms with Crippen LogP contribution < -0.4 is 5.73 Å². The second kappa shape index (κ2) is 4.29. The highest BCUT2D eigenvalue weighted by Gasteiger charge is 2.32. The summed E-state index contributed by atoms with van der Waals surface area (Å²) in [7, 11) is 2.06.